The van der Waals surface area contributed by atoms with E-state index in [1.54, 1.807) is 42.7 Å². The van der Waals surface area contributed by atoms with Crippen LogP contribution in [0.25, 0.3) is 16.7 Å². The van der Waals surface area contributed by atoms with Gasteiger partial charge in [0, 0.05) is 12.7 Å². The van der Waals surface area contributed by atoms with Crippen LogP contribution in [0, 0.1) is 5.82 Å². The second-order valence-corrected chi connectivity index (χ2v) is 6.77. The number of pyridine rings is 1. The predicted molar refractivity (Wildman–Crippen MR) is 123 cm³/mol. The van der Waals surface area contributed by atoms with Crippen LogP contribution in [0.5, 0.6) is 5.75 Å². The number of thiocarbonyl (C=S) groups is 1. The number of halogens is 1. The van der Waals surface area contributed by atoms with Crippen molar-refractivity contribution in [1.82, 2.24) is 20.3 Å². The van der Waals surface area contributed by atoms with E-state index in [-0.39, 0.29) is 12.3 Å². The molecule has 8 nitrogen and oxygen atoms in total. The van der Waals surface area contributed by atoms with Crippen LogP contribution in [0.4, 0.5) is 10.2 Å². The summed E-state index contributed by atoms with van der Waals surface area (Å²) in [6.07, 6.45) is 4.65. The Hall–Kier alpha value is -3.66. The number of aromatic nitrogens is 3. The first-order valence-corrected chi connectivity index (χ1v) is 9.95. The molecule has 0 atom stereocenters. The molecule has 0 aliphatic carbocycles. The van der Waals surface area contributed by atoms with Gasteiger partial charge in [-0.1, -0.05) is 6.07 Å². The molecule has 160 valence electrons. The van der Waals surface area contributed by atoms with Crippen molar-refractivity contribution >= 4 is 46.1 Å². The average Bonchev–Trinajstić information content (AvgIpc) is 2.77. The van der Waals surface area contributed by atoms with Crippen molar-refractivity contribution in [2.45, 2.75) is 13.5 Å². The second kappa shape index (κ2) is 10.4. The molecule has 0 amide bonds. The molecule has 0 unspecified atom stereocenters. The maximum absolute atomic E-state index is 14.3. The second-order valence-electron chi connectivity index (χ2n) is 6.36. The topological polar surface area (TPSA) is 112 Å². The minimum absolute atomic E-state index is 0.193. The van der Waals surface area contributed by atoms with E-state index in [0.717, 1.165) is 0 Å². The lowest BCUT2D eigenvalue weighted by molar-refractivity contribution is -0.469. The Labute approximate surface area is 184 Å². The third-order valence-corrected chi connectivity index (χ3v) is 4.52. The largest absolute Gasteiger partial charge is 0.494 e. The van der Waals surface area contributed by atoms with Gasteiger partial charge in [0.05, 0.1) is 30.1 Å². The fourth-order valence-electron chi connectivity index (χ4n) is 2.76. The standard InChI is InChI=1S/C21H22FN7OS/c1-3-25-21(31)29-18-8-7-15-20(28-18)27-16(12-26-15)14(9-23)11-24-10-13-5-4-6-17(30-2)19(13)22/h4-9,11-12H,3,10,23H2,1-2H3,(H2,25,27,28,29,31)/p+1. The predicted octanol–water partition coefficient (Wildman–Crippen LogP) is 1.13. The van der Waals surface area contributed by atoms with Gasteiger partial charge in [-0.2, -0.15) is 0 Å². The minimum Gasteiger partial charge on any atom is -0.494 e. The first kappa shape index (κ1) is 22.0. The van der Waals surface area contributed by atoms with Crippen LogP contribution in [0.15, 0.2) is 42.7 Å². The Morgan fingerprint density at radius 1 is 1.29 bits per heavy atom. The van der Waals surface area contributed by atoms with Gasteiger partial charge in [-0.15, -0.1) is 0 Å². The van der Waals surface area contributed by atoms with Gasteiger partial charge in [-0.25, -0.2) is 19.4 Å². The molecule has 0 radical (unpaired) electrons. The SMILES string of the molecule is CCNC(=S)Nc1ccc2ncc(C(C=[NH+]Cc3cccc(OC)c3F)=CN)nc2n1. The van der Waals surface area contributed by atoms with Crippen LogP contribution in [0.1, 0.15) is 18.2 Å². The lowest BCUT2D eigenvalue weighted by Crippen LogP contribution is -2.67. The zero-order valence-corrected chi connectivity index (χ0v) is 18.0. The van der Waals surface area contributed by atoms with Crippen molar-refractivity contribution in [3.8, 4) is 5.75 Å². The molecule has 1 aromatic carbocycles. The van der Waals surface area contributed by atoms with Crippen LogP contribution >= 0.6 is 12.2 Å². The fourth-order valence-corrected chi connectivity index (χ4v) is 3.01. The highest BCUT2D eigenvalue weighted by Gasteiger charge is 2.11. The minimum atomic E-state index is -0.408. The van der Waals surface area contributed by atoms with Crippen LogP contribution in [-0.2, 0) is 6.54 Å². The lowest BCUT2D eigenvalue weighted by atomic mass is 10.2. The number of anilines is 1. The summed E-state index contributed by atoms with van der Waals surface area (Å²) in [7, 11) is 1.43. The Bertz CT molecular complexity index is 1150. The van der Waals surface area contributed by atoms with Crippen molar-refractivity contribution in [3.05, 3.63) is 59.8 Å². The zero-order valence-electron chi connectivity index (χ0n) is 17.1. The van der Waals surface area contributed by atoms with Crippen molar-refractivity contribution in [1.29, 1.82) is 0 Å². The van der Waals surface area contributed by atoms with E-state index in [0.29, 0.717) is 45.5 Å². The highest BCUT2D eigenvalue weighted by atomic mass is 32.1. The van der Waals surface area contributed by atoms with E-state index < -0.39 is 5.82 Å². The number of nitrogens with zero attached hydrogens (tertiary/aromatic N) is 3. The quantitative estimate of drug-likeness (QED) is 0.320. The molecular formula is C21H23FN7OS+. The Morgan fingerprint density at radius 3 is 2.87 bits per heavy atom. The molecule has 0 bridgehead atoms. The monoisotopic (exact) mass is 440 g/mol. The maximum atomic E-state index is 14.3. The highest BCUT2D eigenvalue weighted by molar-refractivity contribution is 7.80. The molecule has 3 rings (SSSR count). The van der Waals surface area contributed by atoms with Gasteiger partial charge in [0.1, 0.15) is 11.3 Å². The summed E-state index contributed by atoms with van der Waals surface area (Å²) >= 11 is 5.19. The summed E-state index contributed by atoms with van der Waals surface area (Å²) in [5.74, 6) is 0.339. The summed E-state index contributed by atoms with van der Waals surface area (Å²) < 4.78 is 19.3. The number of rotatable bonds is 7. The smallest absolute Gasteiger partial charge is 0.180 e. The number of benzene rings is 1. The molecule has 0 fully saturated rings. The molecule has 10 heteroatoms. The summed E-state index contributed by atoms with van der Waals surface area (Å²) in [6.45, 7) is 2.90. The highest BCUT2D eigenvalue weighted by Crippen LogP contribution is 2.19. The normalized spacial score (nSPS) is 11.6. The molecule has 2 aromatic heterocycles. The number of hydrogen-bond donors (Lipinski definition) is 4. The van der Waals surface area contributed by atoms with Crippen LogP contribution in [0.3, 0.4) is 0 Å². The average molecular weight is 441 g/mol. The first-order chi connectivity index (χ1) is 15.0. The molecule has 0 saturated heterocycles. The van der Waals surface area contributed by atoms with E-state index >= 15 is 0 Å². The molecular weight excluding hydrogens is 417 g/mol. The number of fused-ring (bicyclic) bond motifs is 1. The molecule has 0 aliphatic heterocycles. The van der Waals surface area contributed by atoms with Crippen LogP contribution in [-0.4, -0.2) is 39.9 Å². The molecule has 31 heavy (non-hydrogen) atoms. The number of nitrogens with two attached hydrogens (primary N) is 1. The number of ether oxygens (including phenoxy) is 1. The maximum Gasteiger partial charge on any atom is 0.180 e. The van der Waals surface area contributed by atoms with Crippen LogP contribution < -0.4 is 26.1 Å². The van der Waals surface area contributed by atoms with Crippen molar-refractivity contribution in [2.24, 2.45) is 5.73 Å². The van der Waals surface area contributed by atoms with E-state index in [4.69, 9.17) is 22.7 Å². The summed E-state index contributed by atoms with van der Waals surface area (Å²) in [4.78, 5) is 16.4. The van der Waals surface area contributed by atoms with Gasteiger partial charge in [0.15, 0.2) is 35.1 Å². The lowest BCUT2D eigenvalue weighted by Gasteiger charge is -2.08. The Balaban J connectivity index is 1.80. The molecule has 3 aromatic rings. The van der Waals surface area contributed by atoms with Crippen molar-refractivity contribution < 1.29 is 14.1 Å². The van der Waals surface area contributed by atoms with E-state index in [1.807, 2.05) is 6.92 Å². The Morgan fingerprint density at radius 2 is 2.13 bits per heavy atom. The number of hydrogen-bond acceptors (Lipinski definition) is 6. The summed E-state index contributed by atoms with van der Waals surface area (Å²) in [6, 6.07) is 8.55. The number of nitrogens with one attached hydrogen (secondary N) is 3. The molecule has 0 spiro atoms. The summed E-state index contributed by atoms with van der Waals surface area (Å²) in [5.41, 5.74) is 8.42. The van der Waals surface area contributed by atoms with Gasteiger partial charge in [0.25, 0.3) is 0 Å². The molecule has 2 heterocycles. The van der Waals surface area contributed by atoms with Gasteiger partial charge in [-0.05, 0) is 43.4 Å². The summed E-state index contributed by atoms with van der Waals surface area (Å²) in [5, 5.41) is 6.48. The number of allylic oxidation sites excluding steroid dienone is 1. The van der Waals surface area contributed by atoms with Crippen molar-refractivity contribution in [2.75, 3.05) is 19.0 Å². The number of methoxy groups -OCH3 is 1. The van der Waals surface area contributed by atoms with Gasteiger partial charge in [-0.3, -0.25) is 4.98 Å². The van der Waals surface area contributed by atoms with E-state index in [9.17, 15) is 4.39 Å². The van der Waals surface area contributed by atoms with Gasteiger partial charge >= 0.3 is 0 Å². The molecule has 5 N–H and O–H groups in total. The molecule has 0 saturated carbocycles. The van der Waals surface area contributed by atoms with E-state index in [2.05, 4.69) is 30.6 Å². The zero-order chi connectivity index (χ0) is 22.2. The third kappa shape index (κ3) is 5.48. The Kier molecular flexibility index (Phi) is 7.39. The van der Waals surface area contributed by atoms with Gasteiger partial charge in [0.2, 0.25) is 0 Å². The van der Waals surface area contributed by atoms with Crippen LogP contribution in [0.2, 0.25) is 0 Å². The van der Waals surface area contributed by atoms with Gasteiger partial charge < -0.3 is 21.1 Å². The third-order valence-electron chi connectivity index (χ3n) is 4.27. The fraction of sp³-hybridized carbons (Fsp3) is 0.190. The molecule has 0 aliphatic rings. The van der Waals surface area contributed by atoms with Crippen molar-refractivity contribution in [3.63, 3.8) is 0 Å². The van der Waals surface area contributed by atoms with E-state index in [1.165, 1.54) is 13.3 Å². The first-order valence-electron chi connectivity index (χ1n) is 9.54.